The number of H-pyrrole nitrogens is 1. The van der Waals surface area contributed by atoms with E-state index >= 15 is 4.39 Å². The Morgan fingerprint density at radius 2 is 2.03 bits per heavy atom. The number of aromatic nitrogens is 3. The van der Waals surface area contributed by atoms with Crippen LogP contribution in [0.4, 0.5) is 10.2 Å². The highest BCUT2D eigenvalue weighted by Crippen LogP contribution is 2.30. The fourth-order valence-corrected chi connectivity index (χ4v) is 4.30. The molecule has 36 heavy (non-hydrogen) atoms. The van der Waals surface area contributed by atoms with Gasteiger partial charge in [-0.25, -0.2) is 14.4 Å². The number of carbonyl (C=O) groups is 1. The standard InChI is InChI=1S/C26H25FN4O5/c1-34-22-10-17(12-32)35-13-21(22)31-26-23-19(11-28-25(23)29-14-30-26)24(33)18-8-7-16(9-20(18)27)36-15-5-3-2-4-6-15/h2-9,11,14,17,21-22,32H,10,12-13H2,1H3,(H2,28,29,30,31)/t17-,21-,22+/m0/s1. The van der Waals surface area contributed by atoms with Gasteiger partial charge in [-0.1, -0.05) is 18.2 Å². The zero-order chi connectivity index (χ0) is 25.1. The van der Waals surface area contributed by atoms with E-state index in [9.17, 15) is 9.90 Å². The topological polar surface area (TPSA) is 119 Å². The van der Waals surface area contributed by atoms with Gasteiger partial charge in [0.2, 0.25) is 0 Å². The normalized spacial score (nSPS) is 19.8. The Balaban J connectivity index is 1.42. The van der Waals surface area contributed by atoms with Crippen molar-refractivity contribution < 1.29 is 28.5 Å². The summed E-state index contributed by atoms with van der Waals surface area (Å²) in [5.41, 5.74) is 0.551. The molecule has 0 aliphatic carbocycles. The summed E-state index contributed by atoms with van der Waals surface area (Å²) in [5.74, 6) is 0.0126. The summed E-state index contributed by atoms with van der Waals surface area (Å²) >= 11 is 0. The predicted molar refractivity (Wildman–Crippen MR) is 130 cm³/mol. The molecular formula is C26H25FN4O5. The summed E-state index contributed by atoms with van der Waals surface area (Å²) in [6, 6.07) is 12.8. The third kappa shape index (κ3) is 4.78. The van der Waals surface area contributed by atoms with Crippen LogP contribution in [0.15, 0.2) is 61.1 Å². The molecule has 0 radical (unpaired) electrons. The number of methoxy groups -OCH3 is 1. The lowest BCUT2D eigenvalue weighted by Gasteiger charge is -2.35. The maximum atomic E-state index is 15.0. The van der Waals surface area contributed by atoms with Crippen LogP contribution in [0, 0.1) is 5.82 Å². The van der Waals surface area contributed by atoms with Gasteiger partial charge in [-0.05, 0) is 24.3 Å². The maximum absolute atomic E-state index is 15.0. The molecule has 3 heterocycles. The number of ketones is 1. The van der Waals surface area contributed by atoms with Crippen LogP contribution in [0.3, 0.4) is 0 Å². The first kappa shape index (κ1) is 23.9. The number of anilines is 1. The highest BCUT2D eigenvalue weighted by molar-refractivity contribution is 6.18. The highest BCUT2D eigenvalue weighted by atomic mass is 19.1. The summed E-state index contributed by atoms with van der Waals surface area (Å²) in [6.07, 6.45) is 2.81. The molecule has 2 aromatic heterocycles. The molecule has 1 aliphatic rings. The molecule has 1 fully saturated rings. The van der Waals surface area contributed by atoms with Crippen molar-refractivity contribution in [2.75, 3.05) is 25.6 Å². The van der Waals surface area contributed by atoms with Crippen LogP contribution in [0.2, 0.25) is 0 Å². The van der Waals surface area contributed by atoms with Gasteiger partial charge in [0.25, 0.3) is 0 Å². The van der Waals surface area contributed by atoms with Crippen LogP contribution in [0.5, 0.6) is 11.5 Å². The first-order valence-electron chi connectivity index (χ1n) is 11.5. The van der Waals surface area contributed by atoms with E-state index in [1.54, 1.807) is 25.3 Å². The van der Waals surface area contributed by atoms with Crippen LogP contribution in [-0.2, 0) is 9.47 Å². The van der Waals surface area contributed by atoms with Gasteiger partial charge in [-0.2, -0.15) is 0 Å². The Labute approximate surface area is 206 Å². The number of para-hydroxylation sites is 1. The number of aromatic amines is 1. The van der Waals surface area contributed by atoms with E-state index in [1.165, 1.54) is 24.7 Å². The van der Waals surface area contributed by atoms with Gasteiger partial charge < -0.3 is 29.6 Å². The van der Waals surface area contributed by atoms with Crippen molar-refractivity contribution in [1.29, 1.82) is 0 Å². The Morgan fingerprint density at radius 3 is 2.78 bits per heavy atom. The molecule has 1 saturated heterocycles. The summed E-state index contributed by atoms with van der Waals surface area (Å²) in [4.78, 5) is 24.9. The molecule has 9 nitrogen and oxygen atoms in total. The average molecular weight is 493 g/mol. The number of rotatable bonds is 8. The number of fused-ring (bicyclic) bond motifs is 1. The van der Waals surface area contributed by atoms with Crippen molar-refractivity contribution in [3.63, 3.8) is 0 Å². The lowest BCUT2D eigenvalue weighted by atomic mass is 10.0. The zero-order valence-electron chi connectivity index (χ0n) is 19.5. The molecule has 3 N–H and O–H groups in total. The predicted octanol–water partition coefficient (Wildman–Crippen LogP) is 3.70. The van der Waals surface area contributed by atoms with Gasteiger partial charge in [0, 0.05) is 25.8 Å². The Morgan fingerprint density at radius 1 is 1.19 bits per heavy atom. The number of halogens is 1. The highest BCUT2D eigenvalue weighted by Gasteiger charge is 2.32. The number of hydrogen-bond acceptors (Lipinski definition) is 8. The molecule has 10 heteroatoms. The van der Waals surface area contributed by atoms with E-state index in [2.05, 4.69) is 20.3 Å². The summed E-state index contributed by atoms with van der Waals surface area (Å²) in [7, 11) is 1.59. The van der Waals surface area contributed by atoms with Crippen molar-refractivity contribution in [2.45, 2.75) is 24.7 Å². The van der Waals surface area contributed by atoms with Crippen molar-refractivity contribution >= 4 is 22.6 Å². The number of benzene rings is 2. The van der Waals surface area contributed by atoms with E-state index < -0.39 is 11.6 Å². The van der Waals surface area contributed by atoms with Crippen molar-refractivity contribution in [2.24, 2.45) is 0 Å². The molecule has 0 bridgehead atoms. The Bertz CT molecular complexity index is 1360. The molecule has 0 spiro atoms. The summed E-state index contributed by atoms with van der Waals surface area (Å²) in [6.45, 7) is 0.183. The van der Waals surface area contributed by atoms with Gasteiger partial charge in [0.15, 0.2) is 5.78 Å². The second kappa shape index (κ2) is 10.4. The van der Waals surface area contributed by atoms with Gasteiger partial charge in [0.1, 0.15) is 35.1 Å². The minimum absolute atomic E-state index is 0.0957. The van der Waals surface area contributed by atoms with Gasteiger partial charge >= 0.3 is 0 Å². The molecule has 186 valence electrons. The molecule has 1 aliphatic heterocycles. The quantitative estimate of drug-likeness (QED) is 0.319. The fraction of sp³-hybridized carbons (Fsp3) is 0.269. The zero-order valence-corrected chi connectivity index (χ0v) is 19.5. The number of ether oxygens (including phenoxy) is 3. The number of aliphatic hydroxyl groups excluding tert-OH is 1. The SMILES string of the molecule is CO[C@@H]1C[C@@H](CO)OC[C@@H]1Nc1ncnc2[nH]cc(C(=O)c3ccc(Oc4ccccc4)cc3F)c12. The number of carbonyl (C=O) groups excluding carboxylic acids is 1. The third-order valence-corrected chi connectivity index (χ3v) is 6.16. The average Bonchev–Trinajstić information content (AvgIpc) is 3.34. The molecular weight excluding hydrogens is 467 g/mol. The smallest absolute Gasteiger partial charge is 0.198 e. The maximum Gasteiger partial charge on any atom is 0.198 e. The minimum Gasteiger partial charge on any atom is -0.457 e. The molecule has 0 amide bonds. The van der Waals surface area contributed by atoms with Crippen molar-refractivity contribution in [3.05, 3.63) is 78.0 Å². The van der Waals surface area contributed by atoms with Gasteiger partial charge in [0.05, 0.1) is 48.0 Å². The fourth-order valence-electron chi connectivity index (χ4n) is 4.30. The van der Waals surface area contributed by atoms with E-state index in [-0.39, 0.29) is 48.3 Å². The second-order valence-corrected chi connectivity index (χ2v) is 8.43. The largest absolute Gasteiger partial charge is 0.457 e. The van der Waals surface area contributed by atoms with Gasteiger partial charge in [-0.3, -0.25) is 4.79 Å². The molecule has 5 rings (SSSR count). The summed E-state index contributed by atoms with van der Waals surface area (Å²) in [5, 5.41) is 13.1. The van der Waals surface area contributed by atoms with E-state index in [1.807, 2.05) is 18.2 Å². The summed E-state index contributed by atoms with van der Waals surface area (Å²) < 4.78 is 32.0. The monoisotopic (exact) mass is 492 g/mol. The van der Waals surface area contributed by atoms with E-state index in [0.717, 1.165) is 0 Å². The third-order valence-electron chi connectivity index (χ3n) is 6.16. The van der Waals surface area contributed by atoms with Gasteiger partial charge in [-0.15, -0.1) is 0 Å². The van der Waals surface area contributed by atoms with Crippen LogP contribution in [0.25, 0.3) is 11.0 Å². The Hall–Kier alpha value is -3.86. The Kier molecular flexibility index (Phi) is 6.90. The molecule has 2 aromatic carbocycles. The van der Waals surface area contributed by atoms with Crippen molar-refractivity contribution in [3.8, 4) is 11.5 Å². The second-order valence-electron chi connectivity index (χ2n) is 8.43. The van der Waals surface area contributed by atoms with Crippen LogP contribution >= 0.6 is 0 Å². The first-order chi connectivity index (χ1) is 17.6. The first-order valence-corrected chi connectivity index (χ1v) is 11.5. The molecule has 0 unspecified atom stereocenters. The van der Waals surface area contributed by atoms with E-state index in [0.29, 0.717) is 29.0 Å². The lowest BCUT2D eigenvalue weighted by Crippen LogP contribution is -2.47. The number of nitrogens with one attached hydrogen (secondary N) is 2. The van der Waals surface area contributed by atoms with Crippen LogP contribution in [-0.4, -0.2) is 64.4 Å². The lowest BCUT2D eigenvalue weighted by molar-refractivity contribution is -0.0831. The van der Waals surface area contributed by atoms with E-state index in [4.69, 9.17) is 14.2 Å². The molecule has 0 saturated carbocycles. The van der Waals surface area contributed by atoms with Crippen LogP contribution < -0.4 is 10.1 Å². The molecule has 3 atom stereocenters. The number of nitrogens with zero attached hydrogens (tertiary/aromatic N) is 2. The van der Waals surface area contributed by atoms with Crippen molar-refractivity contribution in [1.82, 2.24) is 15.0 Å². The van der Waals surface area contributed by atoms with Crippen LogP contribution in [0.1, 0.15) is 22.3 Å². The minimum atomic E-state index is -0.704. The molecule has 4 aromatic rings. The number of aliphatic hydroxyl groups is 1. The number of hydrogen-bond donors (Lipinski definition) is 3.